The van der Waals surface area contributed by atoms with Gasteiger partial charge in [-0.1, -0.05) is 6.92 Å². The van der Waals surface area contributed by atoms with Crippen molar-refractivity contribution in [3.05, 3.63) is 0 Å². The molecule has 0 saturated carbocycles. The number of hydrogen-bond acceptors (Lipinski definition) is 2. The molecule has 4 heteroatoms. The van der Waals surface area contributed by atoms with Crippen LogP contribution < -0.4 is 0 Å². The van der Waals surface area contributed by atoms with Crippen LogP contribution in [0.4, 0.5) is 0 Å². The van der Waals surface area contributed by atoms with Crippen LogP contribution in [0.1, 0.15) is 33.6 Å². The molecule has 0 aromatic carbocycles. The molecule has 0 aromatic heterocycles. The van der Waals surface area contributed by atoms with Crippen LogP contribution in [0.5, 0.6) is 0 Å². The molecule has 0 bridgehead atoms. The maximum Gasteiger partial charge on any atom is 0.214 e. The highest BCUT2D eigenvalue weighted by molar-refractivity contribution is 7.89. The van der Waals surface area contributed by atoms with Crippen molar-refractivity contribution in [1.82, 2.24) is 4.31 Å². The average molecular weight is 205 g/mol. The molecule has 2 unspecified atom stereocenters. The second-order valence-corrected chi connectivity index (χ2v) is 6.08. The topological polar surface area (TPSA) is 37.4 Å². The van der Waals surface area contributed by atoms with Gasteiger partial charge in [0.15, 0.2) is 0 Å². The standard InChI is InChI=1S/C9H19NO2S/c1-4-13(11,12)10-7-5-6-8(2)9(10)3/h8-9H,4-7H2,1-3H3. The van der Waals surface area contributed by atoms with E-state index >= 15 is 0 Å². The van der Waals surface area contributed by atoms with E-state index in [-0.39, 0.29) is 11.8 Å². The zero-order valence-electron chi connectivity index (χ0n) is 8.66. The van der Waals surface area contributed by atoms with Crippen LogP contribution in [0.15, 0.2) is 0 Å². The maximum atomic E-state index is 11.6. The Kier molecular flexibility index (Phi) is 3.35. The van der Waals surface area contributed by atoms with Gasteiger partial charge in [0.05, 0.1) is 5.75 Å². The van der Waals surface area contributed by atoms with Gasteiger partial charge in [-0.25, -0.2) is 8.42 Å². The molecule has 3 nitrogen and oxygen atoms in total. The summed E-state index contributed by atoms with van der Waals surface area (Å²) >= 11 is 0. The van der Waals surface area contributed by atoms with Crippen molar-refractivity contribution < 1.29 is 8.42 Å². The summed E-state index contributed by atoms with van der Waals surface area (Å²) in [4.78, 5) is 0. The number of hydrogen-bond donors (Lipinski definition) is 0. The minimum absolute atomic E-state index is 0.179. The summed E-state index contributed by atoms with van der Waals surface area (Å²) in [7, 11) is -2.97. The van der Waals surface area contributed by atoms with E-state index in [4.69, 9.17) is 0 Å². The lowest BCUT2D eigenvalue weighted by molar-refractivity contribution is 0.202. The summed E-state index contributed by atoms with van der Waals surface area (Å²) in [6.45, 7) is 6.56. The molecule has 0 N–H and O–H groups in total. The molecule has 0 amide bonds. The van der Waals surface area contributed by atoms with E-state index in [0.717, 1.165) is 12.8 Å². The number of rotatable bonds is 2. The zero-order chi connectivity index (χ0) is 10.1. The van der Waals surface area contributed by atoms with Crippen LogP contribution in [-0.2, 0) is 10.0 Å². The van der Waals surface area contributed by atoms with Gasteiger partial charge in [0.25, 0.3) is 0 Å². The van der Waals surface area contributed by atoms with Crippen molar-refractivity contribution in [3.63, 3.8) is 0 Å². The SMILES string of the molecule is CCS(=O)(=O)N1CCCC(C)C1C. The van der Waals surface area contributed by atoms with E-state index in [0.29, 0.717) is 12.5 Å². The minimum atomic E-state index is -2.97. The highest BCUT2D eigenvalue weighted by Crippen LogP contribution is 2.25. The lowest BCUT2D eigenvalue weighted by Crippen LogP contribution is -2.46. The molecule has 1 aliphatic heterocycles. The van der Waals surface area contributed by atoms with Crippen LogP contribution >= 0.6 is 0 Å². The highest BCUT2D eigenvalue weighted by Gasteiger charge is 2.31. The molecule has 1 rings (SSSR count). The summed E-state index contributed by atoms with van der Waals surface area (Å²) in [5, 5.41) is 0. The van der Waals surface area contributed by atoms with Crippen molar-refractivity contribution in [1.29, 1.82) is 0 Å². The first-order chi connectivity index (χ1) is 5.99. The Hall–Kier alpha value is -0.0900. The van der Waals surface area contributed by atoms with Gasteiger partial charge in [0, 0.05) is 12.6 Å². The molecule has 0 aliphatic carbocycles. The van der Waals surface area contributed by atoms with Gasteiger partial charge in [-0.15, -0.1) is 0 Å². The second-order valence-electron chi connectivity index (χ2n) is 3.87. The first-order valence-electron chi connectivity index (χ1n) is 4.98. The molecular formula is C9H19NO2S. The molecular weight excluding hydrogens is 186 g/mol. The average Bonchev–Trinajstić information content (AvgIpc) is 2.09. The number of sulfonamides is 1. The van der Waals surface area contributed by atoms with Crippen molar-refractivity contribution in [2.75, 3.05) is 12.3 Å². The molecule has 1 fully saturated rings. The van der Waals surface area contributed by atoms with Crippen LogP contribution in [0.2, 0.25) is 0 Å². The summed E-state index contributed by atoms with van der Waals surface area (Å²) in [6.07, 6.45) is 2.15. The normalized spacial score (nSPS) is 31.9. The lowest BCUT2D eigenvalue weighted by atomic mass is 9.94. The predicted octanol–water partition coefficient (Wildman–Crippen LogP) is 1.46. The second kappa shape index (κ2) is 3.96. The van der Waals surface area contributed by atoms with E-state index < -0.39 is 10.0 Å². The summed E-state index contributed by atoms with van der Waals surface area (Å²) in [6, 6.07) is 0.179. The Morgan fingerprint density at radius 1 is 1.38 bits per heavy atom. The highest BCUT2D eigenvalue weighted by atomic mass is 32.2. The van der Waals surface area contributed by atoms with Gasteiger partial charge >= 0.3 is 0 Å². The summed E-state index contributed by atoms with van der Waals surface area (Å²) in [5.41, 5.74) is 0. The quantitative estimate of drug-likeness (QED) is 0.684. The Morgan fingerprint density at radius 2 is 2.00 bits per heavy atom. The summed E-state index contributed by atoms with van der Waals surface area (Å²) in [5.74, 6) is 0.722. The third kappa shape index (κ3) is 2.23. The lowest BCUT2D eigenvalue weighted by Gasteiger charge is -2.36. The molecule has 1 saturated heterocycles. The third-order valence-corrected chi connectivity index (χ3v) is 5.00. The summed E-state index contributed by atoms with van der Waals surface area (Å²) < 4.78 is 24.9. The van der Waals surface area contributed by atoms with Gasteiger partial charge in [0.1, 0.15) is 0 Å². The van der Waals surface area contributed by atoms with Gasteiger partial charge in [-0.05, 0) is 32.6 Å². The fraction of sp³-hybridized carbons (Fsp3) is 1.00. The van der Waals surface area contributed by atoms with Crippen LogP contribution in [0.25, 0.3) is 0 Å². The maximum absolute atomic E-state index is 11.6. The Labute approximate surface area is 81.2 Å². The first kappa shape index (κ1) is 11.0. The Bertz CT molecular complexity index is 261. The van der Waals surface area contributed by atoms with Crippen molar-refractivity contribution in [2.24, 2.45) is 5.92 Å². The third-order valence-electron chi connectivity index (χ3n) is 3.04. The number of piperidine rings is 1. The van der Waals surface area contributed by atoms with Crippen LogP contribution in [0.3, 0.4) is 0 Å². The van der Waals surface area contributed by atoms with Gasteiger partial charge < -0.3 is 0 Å². The fourth-order valence-electron chi connectivity index (χ4n) is 1.86. The van der Waals surface area contributed by atoms with E-state index in [1.165, 1.54) is 0 Å². The monoisotopic (exact) mass is 205 g/mol. The Morgan fingerprint density at radius 3 is 2.54 bits per heavy atom. The van der Waals surface area contributed by atoms with Crippen LogP contribution in [0, 0.1) is 5.92 Å². The predicted molar refractivity (Wildman–Crippen MR) is 54.0 cm³/mol. The van der Waals surface area contributed by atoms with Crippen molar-refractivity contribution >= 4 is 10.0 Å². The zero-order valence-corrected chi connectivity index (χ0v) is 9.47. The van der Waals surface area contributed by atoms with E-state index in [1.54, 1.807) is 11.2 Å². The fourth-order valence-corrected chi connectivity index (χ4v) is 3.31. The molecule has 13 heavy (non-hydrogen) atoms. The van der Waals surface area contributed by atoms with Crippen LogP contribution in [-0.4, -0.2) is 31.1 Å². The molecule has 0 aromatic rings. The van der Waals surface area contributed by atoms with Gasteiger partial charge in [-0.2, -0.15) is 4.31 Å². The Balaban J connectivity index is 2.80. The molecule has 1 heterocycles. The number of nitrogens with zero attached hydrogens (tertiary/aromatic N) is 1. The van der Waals surface area contributed by atoms with E-state index in [2.05, 4.69) is 6.92 Å². The van der Waals surface area contributed by atoms with Gasteiger partial charge in [0.2, 0.25) is 10.0 Å². The molecule has 0 radical (unpaired) electrons. The van der Waals surface area contributed by atoms with E-state index in [1.807, 2.05) is 6.92 Å². The molecule has 78 valence electrons. The largest absolute Gasteiger partial charge is 0.214 e. The van der Waals surface area contributed by atoms with E-state index in [9.17, 15) is 8.42 Å². The smallest absolute Gasteiger partial charge is 0.212 e. The minimum Gasteiger partial charge on any atom is -0.212 e. The van der Waals surface area contributed by atoms with Crippen molar-refractivity contribution in [2.45, 2.75) is 39.7 Å². The molecule has 0 spiro atoms. The van der Waals surface area contributed by atoms with Crippen molar-refractivity contribution in [3.8, 4) is 0 Å². The molecule has 2 atom stereocenters. The van der Waals surface area contributed by atoms with Gasteiger partial charge in [-0.3, -0.25) is 0 Å². The molecule has 1 aliphatic rings. The first-order valence-corrected chi connectivity index (χ1v) is 6.59.